The summed E-state index contributed by atoms with van der Waals surface area (Å²) in [7, 11) is 0. The second-order valence-electron chi connectivity index (χ2n) is 9.72. The van der Waals surface area contributed by atoms with Crippen molar-refractivity contribution in [1.82, 2.24) is 0 Å². The zero-order valence-electron chi connectivity index (χ0n) is 22.7. The maximum atomic E-state index is 12.7. The summed E-state index contributed by atoms with van der Waals surface area (Å²) in [5.74, 6) is 0.0296. The molecule has 0 N–H and O–H groups in total. The van der Waals surface area contributed by atoms with Crippen LogP contribution >= 0.6 is 0 Å². The number of carbonyl (C=O) groups is 2. The first-order valence-corrected chi connectivity index (χ1v) is 13.4. The Labute approximate surface area is 236 Å². The van der Waals surface area contributed by atoms with E-state index in [1.54, 1.807) is 13.8 Å². The summed E-state index contributed by atoms with van der Waals surface area (Å²) in [6.45, 7) is 3.21. The van der Waals surface area contributed by atoms with Crippen LogP contribution in [0.15, 0.2) is 121 Å². The highest BCUT2D eigenvalue weighted by Gasteiger charge is 2.17. The third kappa shape index (κ3) is 5.98. The second kappa shape index (κ2) is 12.2. The van der Waals surface area contributed by atoms with Crippen molar-refractivity contribution in [2.24, 2.45) is 0 Å². The van der Waals surface area contributed by atoms with E-state index in [9.17, 15) is 9.59 Å². The van der Waals surface area contributed by atoms with Crippen molar-refractivity contribution in [3.8, 4) is 22.3 Å². The molecule has 5 aromatic rings. The van der Waals surface area contributed by atoms with Crippen LogP contribution in [-0.2, 0) is 0 Å². The summed E-state index contributed by atoms with van der Waals surface area (Å²) in [6.07, 6.45) is 8.34. The molecule has 2 heteroatoms. The van der Waals surface area contributed by atoms with Crippen molar-refractivity contribution in [1.29, 1.82) is 0 Å². The molecule has 0 amide bonds. The minimum atomic E-state index is 0.0148. The van der Waals surface area contributed by atoms with Crippen LogP contribution in [0.2, 0.25) is 0 Å². The summed E-state index contributed by atoms with van der Waals surface area (Å²) < 4.78 is 0. The lowest BCUT2D eigenvalue weighted by Gasteiger charge is -2.17. The van der Waals surface area contributed by atoms with Gasteiger partial charge in [0, 0.05) is 11.1 Å². The quantitative estimate of drug-likeness (QED) is 0.151. The van der Waals surface area contributed by atoms with Gasteiger partial charge in [-0.15, -0.1) is 0 Å². The first-order valence-electron chi connectivity index (χ1n) is 13.4. The lowest BCUT2D eigenvalue weighted by molar-refractivity contribution is 0.101. The number of ketones is 2. The monoisotopic (exact) mass is 518 g/mol. The first-order chi connectivity index (χ1) is 19.5. The molecule has 2 nitrogen and oxygen atoms in total. The topological polar surface area (TPSA) is 34.1 Å². The summed E-state index contributed by atoms with van der Waals surface area (Å²) in [6, 6.07) is 40.0. The number of benzene rings is 5. The standard InChI is InChI=1S/C38H30O2/c1-27(39)33-17-9-11-19-35(33)37-25-32(24-22-30-15-7-4-8-16-30)38(36-20-12-10-18-34(36)28(2)40)26-31(37)23-21-29-13-5-3-6-14-29/h3-26H,1-2H3/b23-21-,24-22-. The predicted molar refractivity (Wildman–Crippen MR) is 168 cm³/mol. The lowest BCUT2D eigenvalue weighted by Crippen LogP contribution is -2.00. The lowest BCUT2D eigenvalue weighted by atomic mass is 9.86. The van der Waals surface area contributed by atoms with Crippen LogP contribution in [0.25, 0.3) is 46.6 Å². The van der Waals surface area contributed by atoms with Gasteiger partial charge in [0.15, 0.2) is 11.6 Å². The van der Waals surface area contributed by atoms with Crippen LogP contribution in [0.5, 0.6) is 0 Å². The molecule has 0 radical (unpaired) electrons. The van der Waals surface area contributed by atoms with Gasteiger partial charge in [-0.2, -0.15) is 0 Å². The van der Waals surface area contributed by atoms with Crippen molar-refractivity contribution < 1.29 is 9.59 Å². The summed E-state index contributed by atoms with van der Waals surface area (Å²) in [5.41, 5.74) is 9.08. The Hall–Kier alpha value is -5.08. The van der Waals surface area contributed by atoms with E-state index in [0.717, 1.165) is 44.5 Å². The molecule has 194 valence electrons. The molecule has 40 heavy (non-hydrogen) atoms. The van der Waals surface area contributed by atoms with E-state index in [-0.39, 0.29) is 11.6 Å². The maximum Gasteiger partial charge on any atom is 0.160 e. The Balaban J connectivity index is 1.80. The van der Waals surface area contributed by atoms with Gasteiger partial charge < -0.3 is 0 Å². The van der Waals surface area contributed by atoms with Crippen LogP contribution in [0.4, 0.5) is 0 Å². The molecule has 0 aliphatic carbocycles. The highest BCUT2D eigenvalue weighted by atomic mass is 16.1. The Morgan fingerprint density at radius 2 is 0.775 bits per heavy atom. The number of carbonyl (C=O) groups excluding carboxylic acids is 2. The van der Waals surface area contributed by atoms with E-state index >= 15 is 0 Å². The van der Waals surface area contributed by atoms with E-state index in [2.05, 4.69) is 60.7 Å². The predicted octanol–water partition coefficient (Wildman–Crippen LogP) is 9.77. The van der Waals surface area contributed by atoms with Crippen molar-refractivity contribution in [3.05, 3.63) is 155 Å². The highest BCUT2D eigenvalue weighted by Crippen LogP contribution is 2.37. The number of hydrogen-bond acceptors (Lipinski definition) is 2. The molecular weight excluding hydrogens is 488 g/mol. The number of rotatable bonds is 8. The van der Waals surface area contributed by atoms with Gasteiger partial charge >= 0.3 is 0 Å². The third-order valence-electron chi connectivity index (χ3n) is 6.92. The van der Waals surface area contributed by atoms with E-state index in [4.69, 9.17) is 0 Å². The Kier molecular flexibility index (Phi) is 8.08. The Morgan fingerprint density at radius 3 is 1.15 bits per heavy atom. The molecule has 0 saturated heterocycles. The molecular formula is C38H30O2. The molecule has 0 saturated carbocycles. The van der Waals surface area contributed by atoms with E-state index in [1.807, 2.05) is 84.9 Å². The highest BCUT2D eigenvalue weighted by molar-refractivity contribution is 6.05. The van der Waals surface area contributed by atoms with Crippen molar-refractivity contribution in [3.63, 3.8) is 0 Å². The fourth-order valence-electron chi connectivity index (χ4n) is 4.93. The molecule has 5 rings (SSSR count). The smallest absolute Gasteiger partial charge is 0.160 e. The molecule has 0 aliphatic rings. The molecule has 0 spiro atoms. The zero-order chi connectivity index (χ0) is 27.9. The van der Waals surface area contributed by atoms with Crippen LogP contribution in [0.3, 0.4) is 0 Å². The molecule has 0 fully saturated rings. The van der Waals surface area contributed by atoms with Crippen LogP contribution in [0, 0.1) is 0 Å². The van der Waals surface area contributed by atoms with Gasteiger partial charge in [0.05, 0.1) is 0 Å². The molecule has 5 aromatic carbocycles. The fourth-order valence-corrected chi connectivity index (χ4v) is 4.93. The molecule has 0 aromatic heterocycles. The second-order valence-corrected chi connectivity index (χ2v) is 9.72. The fraction of sp³-hybridized carbons (Fsp3) is 0.0526. The molecule has 0 heterocycles. The van der Waals surface area contributed by atoms with E-state index in [0.29, 0.717) is 11.1 Å². The Morgan fingerprint density at radius 1 is 0.425 bits per heavy atom. The van der Waals surface area contributed by atoms with Gasteiger partial charge in [-0.3, -0.25) is 9.59 Å². The average molecular weight is 519 g/mol. The minimum absolute atomic E-state index is 0.0148. The van der Waals surface area contributed by atoms with Gasteiger partial charge in [0.2, 0.25) is 0 Å². The molecule has 0 bridgehead atoms. The SMILES string of the molecule is CC(=O)c1ccccc1-c1cc(/C=C\c2ccccc2)c(-c2ccccc2C(C)=O)cc1/C=C\c1ccccc1. The van der Waals surface area contributed by atoms with E-state index in [1.165, 1.54) is 0 Å². The van der Waals surface area contributed by atoms with Crippen molar-refractivity contribution in [2.45, 2.75) is 13.8 Å². The third-order valence-corrected chi connectivity index (χ3v) is 6.92. The number of hydrogen-bond donors (Lipinski definition) is 0. The van der Waals surface area contributed by atoms with Gasteiger partial charge in [-0.25, -0.2) is 0 Å². The van der Waals surface area contributed by atoms with Gasteiger partial charge in [0.1, 0.15) is 0 Å². The summed E-state index contributed by atoms with van der Waals surface area (Å²) >= 11 is 0. The zero-order valence-corrected chi connectivity index (χ0v) is 22.7. The average Bonchev–Trinajstić information content (AvgIpc) is 3.00. The molecule has 0 unspecified atom stereocenters. The van der Waals surface area contributed by atoms with Crippen LogP contribution in [0.1, 0.15) is 56.8 Å². The Bertz CT molecular complexity index is 1590. The van der Waals surface area contributed by atoms with Crippen molar-refractivity contribution in [2.75, 3.05) is 0 Å². The van der Waals surface area contributed by atoms with Gasteiger partial charge in [-0.05, 0) is 70.5 Å². The molecule has 0 atom stereocenters. The van der Waals surface area contributed by atoms with Crippen molar-refractivity contribution >= 4 is 35.9 Å². The molecule has 0 aliphatic heterocycles. The van der Waals surface area contributed by atoms with Crippen LogP contribution < -0.4 is 0 Å². The minimum Gasteiger partial charge on any atom is -0.294 e. The van der Waals surface area contributed by atoms with Crippen LogP contribution in [-0.4, -0.2) is 11.6 Å². The van der Waals surface area contributed by atoms with E-state index < -0.39 is 0 Å². The number of Topliss-reactive ketones (excluding diaryl/α,β-unsaturated/α-hetero) is 2. The van der Waals surface area contributed by atoms with Gasteiger partial charge in [-0.1, -0.05) is 133 Å². The normalized spacial score (nSPS) is 11.2. The summed E-state index contributed by atoms with van der Waals surface area (Å²) in [5, 5.41) is 0. The first kappa shape index (κ1) is 26.5. The maximum absolute atomic E-state index is 12.7. The largest absolute Gasteiger partial charge is 0.294 e. The van der Waals surface area contributed by atoms with Gasteiger partial charge in [0.25, 0.3) is 0 Å². The summed E-state index contributed by atoms with van der Waals surface area (Å²) in [4.78, 5) is 25.3.